The molecule has 0 rings (SSSR count). The molecule has 0 N–H and O–H groups in total. The summed E-state index contributed by atoms with van der Waals surface area (Å²) in [4.78, 5) is 0. The normalized spacial score (nSPS) is 12.4. The molecule has 1 heteroatoms. The first kappa shape index (κ1) is 42.4. The van der Waals surface area contributed by atoms with Gasteiger partial charge in [0, 0.05) is 0 Å². The van der Waals surface area contributed by atoms with Crippen molar-refractivity contribution in [3.63, 3.8) is 0 Å². The van der Waals surface area contributed by atoms with Crippen LogP contribution in [0.5, 0.6) is 0 Å². The van der Waals surface area contributed by atoms with E-state index in [0.29, 0.717) is 0 Å². The van der Waals surface area contributed by atoms with E-state index in [1.54, 1.807) is 50.3 Å². The molecule has 0 nitrogen and oxygen atoms in total. The molecule has 0 unspecified atom stereocenters. The van der Waals surface area contributed by atoms with Crippen LogP contribution in [0.3, 0.4) is 0 Å². The molecule has 0 saturated carbocycles. The van der Waals surface area contributed by atoms with Crippen molar-refractivity contribution in [1.29, 1.82) is 0 Å². The summed E-state index contributed by atoms with van der Waals surface area (Å²) in [7, 11) is -1.10. The van der Waals surface area contributed by atoms with Crippen molar-refractivity contribution in [3.05, 3.63) is 0 Å². The monoisotopic (exact) mass is 611 g/mol. The Morgan fingerprint density at radius 3 is 0.548 bits per heavy atom. The first-order valence-electron chi connectivity index (χ1n) is 20.7. The molecule has 42 heavy (non-hydrogen) atoms. The van der Waals surface area contributed by atoms with Crippen LogP contribution >= 0.6 is 7.26 Å². The predicted octanol–water partition coefficient (Wildman–Crippen LogP) is 15.7. The summed E-state index contributed by atoms with van der Waals surface area (Å²) in [5.74, 6) is 0. The van der Waals surface area contributed by atoms with Gasteiger partial charge in [-0.25, -0.2) is 0 Å². The standard InChI is InChI=1S/C41H87P/c1-5-9-13-16-19-22-25-28-31-35-39-42(38-34-12-8-4,40-36-32-29-26-23-20-17-14-10-6-2)41-37-33-30-27-24-21-18-15-11-7-3/h42H,5-41H2,1-4H3. The molecule has 0 fully saturated rings. The van der Waals surface area contributed by atoms with E-state index in [-0.39, 0.29) is 0 Å². The van der Waals surface area contributed by atoms with Gasteiger partial charge >= 0.3 is 271 Å². The number of unbranched alkanes of at least 4 members (excludes halogenated alkanes) is 29. The summed E-state index contributed by atoms with van der Waals surface area (Å²) >= 11 is 0. The quantitative estimate of drug-likeness (QED) is 0.0485. The van der Waals surface area contributed by atoms with Crippen molar-refractivity contribution in [2.45, 2.75) is 240 Å². The van der Waals surface area contributed by atoms with E-state index in [9.17, 15) is 0 Å². The second kappa shape index (κ2) is 35.9. The van der Waals surface area contributed by atoms with E-state index in [1.165, 1.54) is 186 Å². The fourth-order valence-electron chi connectivity index (χ4n) is 7.46. The third kappa shape index (κ3) is 30.5. The number of rotatable bonds is 37. The van der Waals surface area contributed by atoms with Gasteiger partial charge < -0.3 is 0 Å². The summed E-state index contributed by atoms with van der Waals surface area (Å²) < 4.78 is 0. The summed E-state index contributed by atoms with van der Waals surface area (Å²) in [6.45, 7) is 9.41. The maximum absolute atomic E-state index is 2.41. The first-order chi connectivity index (χ1) is 20.7. The number of hydrogen-bond acceptors (Lipinski definition) is 0. The third-order valence-corrected chi connectivity index (χ3v) is 16.1. The van der Waals surface area contributed by atoms with Crippen molar-refractivity contribution >= 4 is 7.26 Å². The Morgan fingerprint density at radius 2 is 0.333 bits per heavy atom. The van der Waals surface area contributed by atoms with E-state index >= 15 is 0 Å². The topological polar surface area (TPSA) is 0 Å². The van der Waals surface area contributed by atoms with Gasteiger partial charge in [-0.1, -0.05) is 0 Å². The average Bonchev–Trinajstić information content (AvgIpc) is 3.00. The van der Waals surface area contributed by atoms with Crippen LogP contribution in [0.15, 0.2) is 0 Å². The Kier molecular flexibility index (Phi) is 36.3. The predicted molar refractivity (Wildman–Crippen MR) is 203 cm³/mol. The van der Waals surface area contributed by atoms with Crippen LogP contribution in [0.25, 0.3) is 0 Å². The van der Waals surface area contributed by atoms with Crippen molar-refractivity contribution in [3.8, 4) is 0 Å². The van der Waals surface area contributed by atoms with Gasteiger partial charge in [-0.05, 0) is 0 Å². The van der Waals surface area contributed by atoms with Crippen LogP contribution in [0.1, 0.15) is 240 Å². The Morgan fingerprint density at radius 1 is 0.190 bits per heavy atom. The van der Waals surface area contributed by atoms with Crippen LogP contribution in [0, 0.1) is 0 Å². The SMILES string of the molecule is CCCCCCCCCCCC[PH](CCCCC)(CCCCCCCCCCCC)CCCCCCCCCCCC. The van der Waals surface area contributed by atoms with Crippen LogP contribution in [-0.2, 0) is 0 Å². The molecule has 0 amide bonds. The molecule has 0 bridgehead atoms. The molecule has 0 aromatic carbocycles. The zero-order valence-corrected chi connectivity index (χ0v) is 31.7. The zero-order chi connectivity index (χ0) is 30.7. The van der Waals surface area contributed by atoms with Gasteiger partial charge in [0.1, 0.15) is 0 Å². The summed E-state index contributed by atoms with van der Waals surface area (Å²) in [6.07, 6.45) is 55.9. The van der Waals surface area contributed by atoms with E-state index < -0.39 is 7.26 Å². The molecular formula is C41H87P. The summed E-state index contributed by atoms with van der Waals surface area (Å²) in [6, 6.07) is 0. The van der Waals surface area contributed by atoms with Crippen molar-refractivity contribution in [2.75, 3.05) is 24.6 Å². The Balaban J connectivity index is 4.57. The molecule has 0 spiro atoms. The van der Waals surface area contributed by atoms with E-state index in [1.807, 2.05) is 0 Å². The molecule has 256 valence electrons. The van der Waals surface area contributed by atoms with E-state index in [0.717, 1.165) is 0 Å². The molecule has 0 aliphatic heterocycles. The first-order valence-corrected chi connectivity index (χ1v) is 23.6. The molecule has 0 heterocycles. The van der Waals surface area contributed by atoms with Crippen molar-refractivity contribution in [1.82, 2.24) is 0 Å². The van der Waals surface area contributed by atoms with Gasteiger partial charge in [0.2, 0.25) is 0 Å². The summed E-state index contributed by atoms with van der Waals surface area (Å²) in [5, 5.41) is 0. The molecule has 0 atom stereocenters. The third-order valence-electron chi connectivity index (χ3n) is 10.5. The Labute approximate surface area is 270 Å². The minimum atomic E-state index is -1.10. The minimum absolute atomic E-state index is 1.10. The summed E-state index contributed by atoms with van der Waals surface area (Å²) in [5.41, 5.74) is 0. The van der Waals surface area contributed by atoms with Gasteiger partial charge in [-0.2, -0.15) is 0 Å². The van der Waals surface area contributed by atoms with E-state index in [4.69, 9.17) is 0 Å². The zero-order valence-electron chi connectivity index (χ0n) is 30.7. The molecule has 0 saturated heterocycles. The molecule has 0 aromatic rings. The van der Waals surface area contributed by atoms with Crippen LogP contribution in [-0.4, -0.2) is 24.6 Å². The van der Waals surface area contributed by atoms with Crippen LogP contribution in [0.4, 0.5) is 0 Å². The van der Waals surface area contributed by atoms with Gasteiger partial charge in [-0.3, -0.25) is 0 Å². The van der Waals surface area contributed by atoms with Gasteiger partial charge in [0.25, 0.3) is 0 Å². The molecular weight excluding hydrogens is 523 g/mol. The van der Waals surface area contributed by atoms with Crippen LogP contribution in [0.2, 0.25) is 0 Å². The van der Waals surface area contributed by atoms with Crippen LogP contribution < -0.4 is 0 Å². The Hall–Kier alpha value is 0.430. The Bertz CT molecular complexity index is 412. The fourth-order valence-corrected chi connectivity index (χ4v) is 13.0. The van der Waals surface area contributed by atoms with Gasteiger partial charge in [0.15, 0.2) is 0 Å². The average molecular weight is 611 g/mol. The number of hydrogen-bond donors (Lipinski definition) is 0. The molecule has 0 aromatic heterocycles. The second-order valence-corrected chi connectivity index (χ2v) is 19.8. The molecule has 0 radical (unpaired) electrons. The van der Waals surface area contributed by atoms with Crippen molar-refractivity contribution in [2.24, 2.45) is 0 Å². The van der Waals surface area contributed by atoms with Gasteiger partial charge in [0.05, 0.1) is 0 Å². The van der Waals surface area contributed by atoms with E-state index in [2.05, 4.69) is 27.7 Å². The second-order valence-electron chi connectivity index (χ2n) is 14.8. The van der Waals surface area contributed by atoms with Crippen molar-refractivity contribution < 1.29 is 0 Å². The molecule has 0 aliphatic carbocycles. The fraction of sp³-hybridized carbons (Fsp3) is 1.00. The van der Waals surface area contributed by atoms with Gasteiger partial charge in [-0.15, -0.1) is 0 Å². The maximum atomic E-state index is 2.41. The molecule has 0 aliphatic rings.